The average Bonchev–Trinajstić information content (AvgIpc) is 2.89. The van der Waals surface area contributed by atoms with Crippen molar-refractivity contribution in [3.8, 4) is 11.5 Å². The van der Waals surface area contributed by atoms with Crippen LogP contribution in [-0.4, -0.2) is 10.9 Å². The van der Waals surface area contributed by atoms with Gasteiger partial charge in [0.1, 0.15) is 5.52 Å². The summed E-state index contributed by atoms with van der Waals surface area (Å²) in [5, 5.41) is 0.0830. The molecular weight excluding hydrogens is 271 g/mol. The number of oxazole rings is 1. The predicted octanol–water partition coefficient (Wildman–Crippen LogP) is 4.04. The van der Waals surface area contributed by atoms with E-state index in [4.69, 9.17) is 4.42 Å². The fourth-order valence-corrected chi connectivity index (χ4v) is 2.04. The van der Waals surface area contributed by atoms with E-state index in [1.807, 2.05) is 31.2 Å². The Hall–Kier alpha value is -2.69. The maximum atomic E-state index is 13.6. The van der Waals surface area contributed by atoms with Gasteiger partial charge in [0, 0.05) is 12.5 Å². The Morgan fingerprint density at radius 3 is 2.57 bits per heavy atom. The van der Waals surface area contributed by atoms with Crippen molar-refractivity contribution in [2.24, 2.45) is 0 Å². The number of carbonyl (C=O) groups is 1. The van der Waals surface area contributed by atoms with E-state index in [1.54, 1.807) is 6.07 Å². The zero-order chi connectivity index (χ0) is 15.0. The van der Waals surface area contributed by atoms with Gasteiger partial charge in [0.2, 0.25) is 5.89 Å². The Balaban J connectivity index is 2.04. The van der Waals surface area contributed by atoms with Crippen LogP contribution in [0, 0.1) is 6.92 Å². The van der Waals surface area contributed by atoms with Gasteiger partial charge >= 0.3 is 0 Å². The number of amides is 1. The summed E-state index contributed by atoms with van der Waals surface area (Å²) >= 11 is 0. The van der Waals surface area contributed by atoms with Crippen LogP contribution < -0.4 is 5.12 Å². The molecular formula is C16H13FN2O2. The second-order valence-corrected chi connectivity index (χ2v) is 4.84. The highest BCUT2D eigenvalue weighted by Gasteiger charge is 2.14. The van der Waals surface area contributed by atoms with E-state index in [0.717, 1.165) is 18.1 Å². The van der Waals surface area contributed by atoms with E-state index in [9.17, 15) is 9.28 Å². The lowest BCUT2D eigenvalue weighted by Crippen LogP contribution is -2.17. The summed E-state index contributed by atoms with van der Waals surface area (Å²) in [6.07, 6.45) is 0. The van der Waals surface area contributed by atoms with Crippen LogP contribution >= 0.6 is 0 Å². The van der Waals surface area contributed by atoms with Crippen LogP contribution in [0.5, 0.6) is 0 Å². The third-order valence-corrected chi connectivity index (χ3v) is 3.17. The molecule has 5 heteroatoms. The third-order valence-electron chi connectivity index (χ3n) is 3.17. The van der Waals surface area contributed by atoms with Crippen LogP contribution in [0.2, 0.25) is 0 Å². The van der Waals surface area contributed by atoms with Crippen molar-refractivity contribution >= 4 is 22.7 Å². The fraction of sp³-hybridized carbons (Fsp3) is 0.125. The minimum atomic E-state index is -0.684. The first-order chi connectivity index (χ1) is 10.0. The lowest BCUT2D eigenvalue weighted by molar-refractivity contribution is -0.119. The number of fused-ring (bicyclic) bond motifs is 1. The lowest BCUT2D eigenvalue weighted by atomic mass is 10.1. The molecule has 0 aliphatic heterocycles. The van der Waals surface area contributed by atoms with Crippen molar-refractivity contribution in [1.29, 1.82) is 0 Å². The molecule has 1 amide bonds. The molecule has 1 heterocycles. The van der Waals surface area contributed by atoms with Gasteiger partial charge in [-0.05, 0) is 37.3 Å². The van der Waals surface area contributed by atoms with E-state index in [-0.39, 0.29) is 10.8 Å². The summed E-state index contributed by atoms with van der Waals surface area (Å²) in [5.74, 6) is -0.216. The number of benzene rings is 2. The minimum Gasteiger partial charge on any atom is -0.436 e. The van der Waals surface area contributed by atoms with Crippen LogP contribution in [0.4, 0.5) is 10.2 Å². The number of hydrogen-bond acceptors (Lipinski definition) is 3. The fourth-order valence-electron chi connectivity index (χ4n) is 2.04. The molecule has 106 valence electrons. The summed E-state index contributed by atoms with van der Waals surface area (Å²) in [7, 11) is 0. The van der Waals surface area contributed by atoms with Gasteiger partial charge in [-0.15, -0.1) is 5.12 Å². The van der Waals surface area contributed by atoms with Gasteiger partial charge < -0.3 is 4.42 Å². The minimum absolute atomic E-state index is 0.0830. The first-order valence-corrected chi connectivity index (χ1v) is 6.49. The molecule has 0 aliphatic carbocycles. The van der Waals surface area contributed by atoms with E-state index in [2.05, 4.69) is 4.98 Å². The highest BCUT2D eigenvalue weighted by Crippen LogP contribution is 2.27. The van der Waals surface area contributed by atoms with Crippen molar-refractivity contribution in [2.75, 3.05) is 5.12 Å². The molecule has 0 atom stereocenters. The Morgan fingerprint density at radius 2 is 1.90 bits per heavy atom. The van der Waals surface area contributed by atoms with Gasteiger partial charge in [-0.3, -0.25) is 4.79 Å². The van der Waals surface area contributed by atoms with E-state index < -0.39 is 5.91 Å². The molecule has 0 bridgehead atoms. The number of carbonyl (C=O) groups excluding carboxylic acids is 1. The molecule has 0 spiro atoms. The van der Waals surface area contributed by atoms with Crippen LogP contribution in [-0.2, 0) is 4.79 Å². The van der Waals surface area contributed by atoms with Crippen LogP contribution in [0.15, 0.2) is 46.9 Å². The molecule has 0 saturated carbocycles. The summed E-state index contributed by atoms with van der Waals surface area (Å²) in [4.78, 5) is 15.4. The largest absolute Gasteiger partial charge is 0.436 e. The standard InChI is InChI=1S/C16H13FN2O2/c1-10-3-5-12(6-4-10)16-18-14-9-13(19(17)11(2)20)7-8-15(14)21-16/h3-9H,1-2H3. The van der Waals surface area contributed by atoms with Gasteiger partial charge in [-0.1, -0.05) is 22.2 Å². The molecule has 0 N–H and O–H groups in total. The molecule has 21 heavy (non-hydrogen) atoms. The monoisotopic (exact) mass is 284 g/mol. The Labute approximate surface area is 120 Å². The molecule has 2 aromatic carbocycles. The number of rotatable bonds is 2. The lowest BCUT2D eigenvalue weighted by Gasteiger charge is -2.07. The molecule has 0 saturated heterocycles. The Kier molecular flexibility index (Phi) is 3.17. The van der Waals surface area contributed by atoms with Crippen molar-refractivity contribution in [3.63, 3.8) is 0 Å². The molecule has 3 aromatic rings. The molecule has 0 fully saturated rings. The molecule has 3 rings (SSSR count). The van der Waals surface area contributed by atoms with Crippen LogP contribution in [0.25, 0.3) is 22.6 Å². The van der Waals surface area contributed by atoms with Crippen molar-refractivity contribution < 1.29 is 13.7 Å². The van der Waals surface area contributed by atoms with Crippen LogP contribution in [0.1, 0.15) is 12.5 Å². The zero-order valence-corrected chi connectivity index (χ0v) is 11.6. The number of aryl methyl sites for hydroxylation is 1. The summed E-state index contributed by atoms with van der Waals surface area (Å²) in [6.45, 7) is 3.16. The third kappa shape index (κ3) is 2.50. The first kappa shape index (κ1) is 13.3. The van der Waals surface area contributed by atoms with Gasteiger partial charge in [0.15, 0.2) is 5.58 Å². The van der Waals surface area contributed by atoms with Crippen molar-refractivity contribution in [1.82, 2.24) is 4.98 Å². The number of aromatic nitrogens is 1. The Morgan fingerprint density at radius 1 is 1.19 bits per heavy atom. The average molecular weight is 284 g/mol. The molecule has 0 unspecified atom stereocenters. The Bertz CT molecular complexity index is 809. The first-order valence-electron chi connectivity index (χ1n) is 6.49. The second-order valence-electron chi connectivity index (χ2n) is 4.84. The SMILES string of the molecule is CC(=O)N(F)c1ccc2oc(-c3ccc(C)cc3)nc2c1. The van der Waals surface area contributed by atoms with E-state index >= 15 is 0 Å². The van der Waals surface area contributed by atoms with Crippen molar-refractivity contribution in [2.45, 2.75) is 13.8 Å². The van der Waals surface area contributed by atoms with Gasteiger partial charge in [-0.2, -0.15) is 0 Å². The van der Waals surface area contributed by atoms with E-state index in [0.29, 0.717) is 17.0 Å². The van der Waals surface area contributed by atoms with Crippen molar-refractivity contribution in [3.05, 3.63) is 48.0 Å². The number of nitrogens with zero attached hydrogens (tertiary/aromatic N) is 2. The maximum absolute atomic E-state index is 13.6. The van der Waals surface area contributed by atoms with Gasteiger partial charge in [0.05, 0.1) is 5.69 Å². The highest BCUT2D eigenvalue weighted by molar-refractivity contribution is 5.91. The molecule has 1 aromatic heterocycles. The summed E-state index contributed by atoms with van der Waals surface area (Å²) in [5.41, 5.74) is 3.19. The molecule has 0 radical (unpaired) electrons. The van der Waals surface area contributed by atoms with Gasteiger partial charge in [0.25, 0.3) is 5.91 Å². The highest BCUT2D eigenvalue weighted by atomic mass is 19.2. The summed E-state index contributed by atoms with van der Waals surface area (Å²) < 4.78 is 19.2. The predicted molar refractivity (Wildman–Crippen MR) is 78.5 cm³/mol. The normalized spacial score (nSPS) is 10.8. The maximum Gasteiger partial charge on any atom is 0.251 e. The molecule has 0 aliphatic rings. The smallest absolute Gasteiger partial charge is 0.251 e. The zero-order valence-electron chi connectivity index (χ0n) is 11.6. The number of halogens is 1. The number of hydrogen-bond donors (Lipinski definition) is 0. The quantitative estimate of drug-likeness (QED) is 0.667. The van der Waals surface area contributed by atoms with Crippen LogP contribution in [0.3, 0.4) is 0 Å². The second kappa shape index (κ2) is 5.01. The van der Waals surface area contributed by atoms with Gasteiger partial charge in [-0.25, -0.2) is 4.98 Å². The van der Waals surface area contributed by atoms with E-state index in [1.165, 1.54) is 12.1 Å². The topological polar surface area (TPSA) is 46.3 Å². The summed E-state index contributed by atoms with van der Waals surface area (Å²) in [6, 6.07) is 12.3. The number of anilines is 1. The molecule has 4 nitrogen and oxygen atoms in total.